The van der Waals surface area contributed by atoms with Crippen LogP contribution in [0.1, 0.15) is 72.1 Å². The summed E-state index contributed by atoms with van der Waals surface area (Å²) in [5, 5.41) is 12.3. The average Bonchev–Trinajstić information content (AvgIpc) is 2.30. The van der Waals surface area contributed by atoms with E-state index >= 15 is 0 Å². The summed E-state index contributed by atoms with van der Waals surface area (Å²) in [5.41, 5.74) is 1.17. The highest BCUT2D eigenvalue weighted by Gasteiger charge is 2.60. The largest absolute Gasteiger partial charge is 0.394 e. The molecular formula is C18H31NO2. The van der Waals surface area contributed by atoms with Gasteiger partial charge in [-0.25, -0.2) is 0 Å². The van der Waals surface area contributed by atoms with E-state index in [0.29, 0.717) is 17.3 Å². The lowest BCUT2D eigenvalue weighted by molar-refractivity contribution is -0.156. The van der Waals surface area contributed by atoms with E-state index in [1.807, 2.05) is 6.92 Å². The number of carbonyl (C=O) groups is 1. The number of amides is 1. The smallest absolute Gasteiger partial charge is 0.220 e. The van der Waals surface area contributed by atoms with Crippen LogP contribution in [0.3, 0.4) is 0 Å². The third kappa shape index (κ3) is 2.86. The first-order chi connectivity index (χ1) is 9.79. The minimum absolute atomic E-state index is 0.0489. The van der Waals surface area contributed by atoms with Crippen LogP contribution in [0.15, 0.2) is 0 Å². The molecule has 0 aliphatic heterocycles. The van der Waals surface area contributed by atoms with Gasteiger partial charge in [-0.15, -0.1) is 0 Å². The Bertz CT molecular complexity index is 411. The Balaban J connectivity index is 1.71. The van der Waals surface area contributed by atoms with E-state index < -0.39 is 0 Å². The van der Waals surface area contributed by atoms with Gasteiger partial charge in [0.25, 0.3) is 0 Å². The third-order valence-electron chi connectivity index (χ3n) is 6.36. The highest BCUT2D eigenvalue weighted by Crippen LogP contribution is 2.70. The first kappa shape index (κ1) is 15.3. The van der Waals surface area contributed by atoms with Gasteiger partial charge in [-0.05, 0) is 67.1 Å². The Kier molecular flexibility index (Phi) is 3.63. The molecular weight excluding hydrogens is 262 g/mol. The number of hydrogen-bond donors (Lipinski definition) is 2. The van der Waals surface area contributed by atoms with E-state index in [9.17, 15) is 9.90 Å². The maximum Gasteiger partial charge on any atom is 0.220 e. The predicted octanol–water partition coefficient (Wildman–Crippen LogP) is 3.26. The molecule has 0 heterocycles. The zero-order valence-corrected chi connectivity index (χ0v) is 13.9. The van der Waals surface area contributed by atoms with E-state index in [4.69, 9.17) is 0 Å². The fourth-order valence-corrected chi connectivity index (χ4v) is 6.78. The molecule has 4 bridgehead atoms. The first-order valence-electron chi connectivity index (χ1n) is 8.70. The molecule has 3 atom stereocenters. The van der Waals surface area contributed by atoms with Crippen LogP contribution in [0.4, 0.5) is 0 Å². The first-order valence-corrected chi connectivity index (χ1v) is 8.70. The van der Waals surface area contributed by atoms with Gasteiger partial charge >= 0.3 is 0 Å². The molecule has 4 rings (SSSR count). The summed E-state index contributed by atoms with van der Waals surface area (Å²) in [6.45, 7) is 6.96. The quantitative estimate of drug-likeness (QED) is 0.817. The SMILES string of the molecule is CCC(CO)NC(=O)CC12CC3CC(C)(CC(C)(C3)C1)C2. The molecule has 3 nitrogen and oxygen atoms in total. The molecule has 4 aliphatic rings. The third-order valence-corrected chi connectivity index (χ3v) is 6.36. The second kappa shape index (κ2) is 4.97. The molecule has 4 aliphatic carbocycles. The Morgan fingerprint density at radius 3 is 2.29 bits per heavy atom. The van der Waals surface area contributed by atoms with Gasteiger partial charge in [0.05, 0.1) is 12.6 Å². The molecule has 1 amide bonds. The molecule has 21 heavy (non-hydrogen) atoms. The van der Waals surface area contributed by atoms with E-state index in [0.717, 1.165) is 12.3 Å². The van der Waals surface area contributed by atoms with Crippen molar-refractivity contribution >= 4 is 5.91 Å². The van der Waals surface area contributed by atoms with E-state index in [1.54, 1.807) is 0 Å². The van der Waals surface area contributed by atoms with Crippen LogP contribution in [0.25, 0.3) is 0 Å². The van der Waals surface area contributed by atoms with Crippen LogP contribution in [-0.4, -0.2) is 23.7 Å². The summed E-state index contributed by atoms with van der Waals surface area (Å²) < 4.78 is 0. The van der Waals surface area contributed by atoms with Crippen LogP contribution in [0.5, 0.6) is 0 Å². The molecule has 0 radical (unpaired) electrons. The number of hydrogen-bond acceptors (Lipinski definition) is 2. The van der Waals surface area contributed by atoms with E-state index in [-0.39, 0.29) is 24.0 Å². The number of nitrogens with one attached hydrogen (secondary N) is 1. The zero-order valence-electron chi connectivity index (χ0n) is 13.9. The van der Waals surface area contributed by atoms with Crippen molar-refractivity contribution in [2.75, 3.05) is 6.61 Å². The van der Waals surface area contributed by atoms with Crippen molar-refractivity contribution in [1.29, 1.82) is 0 Å². The Hall–Kier alpha value is -0.570. The number of rotatable bonds is 5. The fraction of sp³-hybridized carbons (Fsp3) is 0.944. The second-order valence-electron chi connectivity index (χ2n) is 9.16. The molecule has 4 saturated carbocycles. The minimum Gasteiger partial charge on any atom is -0.394 e. The predicted molar refractivity (Wildman–Crippen MR) is 83.8 cm³/mol. The number of aliphatic hydroxyl groups excluding tert-OH is 1. The summed E-state index contributed by atoms with van der Waals surface area (Å²) >= 11 is 0. The number of carbonyl (C=O) groups excluding carboxylic acids is 1. The topological polar surface area (TPSA) is 49.3 Å². The molecule has 0 saturated heterocycles. The molecule has 3 heteroatoms. The van der Waals surface area contributed by atoms with Gasteiger partial charge < -0.3 is 10.4 Å². The lowest BCUT2D eigenvalue weighted by atomic mass is 9.40. The van der Waals surface area contributed by atoms with Gasteiger partial charge in [0.1, 0.15) is 0 Å². The Labute approximate surface area is 128 Å². The van der Waals surface area contributed by atoms with Crippen molar-refractivity contribution in [2.45, 2.75) is 78.2 Å². The number of aliphatic hydroxyl groups is 1. The van der Waals surface area contributed by atoms with Crippen molar-refractivity contribution in [2.24, 2.45) is 22.2 Å². The molecule has 0 spiro atoms. The van der Waals surface area contributed by atoms with Gasteiger partial charge in [0.2, 0.25) is 5.91 Å². The molecule has 0 aromatic carbocycles. The average molecular weight is 293 g/mol. The van der Waals surface area contributed by atoms with E-state index in [1.165, 1.54) is 38.5 Å². The molecule has 2 N–H and O–H groups in total. The van der Waals surface area contributed by atoms with Crippen LogP contribution >= 0.6 is 0 Å². The van der Waals surface area contributed by atoms with Gasteiger partial charge in [-0.3, -0.25) is 4.79 Å². The summed E-state index contributed by atoms with van der Waals surface area (Å²) in [4.78, 5) is 12.4. The second-order valence-corrected chi connectivity index (χ2v) is 9.16. The summed E-state index contributed by atoms with van der Waals surface area (Å²) in [6.07, 6.45) is 9.29. The van der Waals surface area contributed by atoms with Crippen molar-refractivity contribution in [1.82, 2.24) is 5.32 Å². The summed E-state index contributed by atoms with van der Waals surface area (Å²) in [5.74, 6) is 0.994. The van der Waals surface area contributed by atoms with Crippen LogP contribution in [-0.2, 0) is 4.79 Å². The molecule has 0 aromatic heterocycles. The molecule has 4 fully saturated rings. The van der Waals surface area contributed by atoms with Crippen molar-refractivity contribution in [3.05, 3.63) is 0 Å². The van der Waals surface area contributed by atoms with Crippen molar-refractivity contribution in [3.8, 4) is 0 Å². The summed E-state index contributed by atoms with van der Waals surface area (Å²) in [7, 11) is 0. The van der Waals surface area contributed by atoms with Gasteiger partial charge in [-0.2, -0.15) is 0 Å². The van der Waals surface area contributed by atoms with Gasteiger partial charge in [0, 0.05) is 6.42 Å². The Morgan fingerprint density at radius 2 is 1.81 bits per heavy atom. The minimum atomic E-state index is -0.0717. The van der Waals surface area contributed by atoms with E-state index in [2.05, 4.69) is 19.2 Å². The maximum absolute atomic E-state index is 12.4. The van der Waals surface area contributed by atoms with Crippen LogP contribution < -0.4 is 5.32 Å². The van der Waals surface area contributed by atoms with Crippen LogP contribution in [0, 0.1) is 22.2 Å². The maximum atomic E-state index is 12.4. The Morgan fingerprint density at radius 1 is 1.19 bits per heavy atom. The summed E-state index contributed by atoms with van der Waals surface area (Å²) in [6, 6.07) is -0.0717. The van der Waals surface area contributed by atoms with Crippen LogP contribution in [0.2, 0.25) is 0 Å². The zero-order chi connectivity index (χ0) is 15.3. The highest BCUT2D eigenvalue weighted by atomic mass is 16.3. The van der Waals surface area contributed by atoms with Crippen molar-refractivity contribution < 1.29 is 9.90 Å². The van der Waals surface area contributed by atoms with Gasteiger partial charge in [-0.1, -0.05) is 20.8 Å². The monoisotopic (exact) mass is 293 g/mol. The normalized spacial score (nSPS) is 45.6. The highest BCUT2D eigenvalue weighted by molar-refractivity contribution is 5.77. The lowest BCUT2D eigenvalue weighted by Gasteiger charge is -2.65. The fourth-order valence-electron chi connectivity index (χ4n) is 6.78. The molecule has 0 aromatic rings. The van der Waals surface area contributed by atoms with Crippen molar-refractivity contribution in [3.63, 3.8) is 0 Å². The van der Waals surface area contributed by atoms with Gasteiger partial charge in [0.15, 0.2) is 0 Å². The standard InChI is InChI=1S/C18H31NO2/c1-4-14(9-20)19-15(21)8-18-7-13-5-16(2,11-18)10-17(3,6-13)12-18/h13-14,20H,4-12H2,1-3H3,(H,19,21). The molecule has 120 valence electrons. The molecule has 3 unspecified atom stereocenters. The lowest BCUT2D eigenvalue weighted by Crippen LogP contribution is -2.56.